The average Bonchev–Trinajstić information content (AvgIpc) is 3.28. The van der Waals surface area contributed by atoms with Crippen LogP contribution in [0.25, 0.3) is 11.1 Å². The van der Waals surface area contributed by atoms with Gasteiger partial charge in [0.15, 0.2) is 0 Å². The predicted octanol–water partition coefficient (Wildman–Crippen LogP) is 5.56. The zero-order chi connectivity index (χ0) is 20.1. The summed E-state index contributed by atoms with van der Waals surface area (Å²) in [6.07, 6.45) is 0.510. The van der Waals surface area contributed by atoms with Crippen LogP contribution in [0.2, 0.25) is 5.02 Å². The Balaban J connectivity index is 1.88. The van der Waals surface area contributed by atoms with Crippen LogP contribution in [0, 0.1) is 6.92 Å². The molecule has 1 aliphatic heterocycles. The van der Waals surface area contributed by atoms with Gasteiger partial charge in [0.1, 0.15) is 16.2 Å². The summed E-state index contributed by atoms with van der Waals surface area (Å²) < 4.78 is 36.3. The largest absolute Gasteiger partial charge is 0.482 e. The van der Waals surface area contributed by atoms with E-state index in [9.17, 15) is 8.42 Å². The molecular formula is C21H19ClO4S2. The highest BCUT2D eigenvalue weighted by Crippen LogP contribution is 2.49. The Morgan fingerprint density at radius 1 is 1.21 bits per heavy atom. The number of thiophene rings is 1. The van der Waals surface area contributed by atoms with Crippen molar-refractivity contribution in [1.29, 1.82) is 0 Å². The minimum atomic E-state index is -3.87. The highest BCUT2D eigenvalue weighted by molar-refractivity contribution is 7.86. The van der Waals surface area contributed by atoms with Crippen LogP contribution in [-0.2, 0) is 26.3 Å². The van der Waals surface area contributed by atoms with E-state index in [4.69, 9.17) is 20.5 Å². The molecule has 28 heavy (non-hydrogen) atoms. The Hall–Kier alpha value is -1.86. The van der Waals surface area contributed by atoms with Crippen LogP contribution in [0.5, 0.6) is 5.75 Å². The van der Waals surface area contributed by atoms with E-state index in [0.29, 0.717) is 17.0 Å². The van der Waals surface area contributed by atoms with Crippen molar-refractivity contribution < 1.29 is 17.3 Å². The highest BCUT2D eigenvalue weighted by Gasteiger charge is 2.41. The second-order valence-corrected chi connectivity index (χ2v) is 9.98. The second-order valence-electron chi connectivity index (χ2n) is 7.08. The maximum atomic E-state index is 12.5. The van der Waals surface area contributed by atoms with Crippen LogP contribution >= 0.6 is 22.9 Å². The first-order chi connectivity index (χ1) is 13.2. The Kier molecular flexibility index (Phi) is 4.78. The summed E-state index contributed by atoms with van der Waals surface area (Å²) in [5.41, 5.74) is 3.57. The molecule has 7 heteroatoms. The molecule has 0 spiro atoms. The van der Waals surface area contributed by atoms with Crippen molar-refractivity contribution in [3.8, 4) is 16.9 Å². The molecule has 2 heterocycles. The van der Waals surface area contributed by atoms with Crippen LogP contribution in [0.15, 0.2) is 52.1 Å². The van der Waals surface area contributed by atoms with E-state index < -0.39 is 15.7 Å². The molecule has 0 saturated heterocycles. The van der Waals surface area contributed by atoms with Gasteiger partial charge in [0, 0.05) is 28.1 Å². The lowest BCUT2D eigenvalue weighted by Crippen LogP contribution is -2.29. The predicted molar refractivity (Wildman–Crippen MR) is 112 cm³/mol. The minimum absolute atomic E-state index is 0.124. The van der Waals surface area contributed by atoms with Gasteiger partial charge in [-0.15, -0.1) is 0 Å². The lowest BCUT2D eigenvalue weighted by atomic mass is 9.89. The van der Waals surface area contributed by atoms with E-state index in [1.54, 1.807) is 23.5 Å². The zero-order valence-corrected chi connectivity index (χ0v) is 18.0. The molecule has 4 nitrogen and oxygen atoms in total. The number of hydrogen-bond donors (Lipinski definition) is 0. The van der Waals surface area contributed by atoms with Gasteiger partial charge in [0.25, 0.3) is 10.1 Å². The number of benzene rings is 2. The van der Waals surface area contributed by atoms with Crippen LogP contribution in [0.4, 0.5) is 0 Å². The summed E-state index contributed by atoms with van der Waals surface area (Å²) in [6, 6.07) is 11.0. The van der Waals surface area contributed by atoms with Crippen molar-refractivity contribution in [2.75, 3.05) is 7.11 Å². The number of hydrogen-bond acceptors (Lipinski definition) is 5. The van der Waals surface area contributed by atoms with Gasteiger partial charge in [0.05, 0.1) is 7.11 Å². The molecule has 4 rings (SSSR count). The Morgan fingerprint density at radius 2 is 2.00 bits per heavy atom. The van der Waals surface area contributed by atoms with Crippen molar-refractivity contribution in [1.82, 2.24) is 0 Å². The first kappa shape index (κ1) is 19.5. The van der Waals surface area contributed by atoms with Crippen molar-refractivity contribution >= 4 is 33.1 Å². The van der Waals surface area contributed by atoms with Gasteiger partial charge in [-0.2, -0.15) is 19.8 Å². The maximum absolute atomic E-state index is 12.5. The van der Waals surface area contributed by atoms with E-state index in [-0.39, 0.29) is 4.90 Å². The standard InChI is InChI=1S/C21H19ClO4S2/c1-13-4-5-19(28(23,24)25-3)18(8-13)21(2)11-15-9-16(22)10-17(20(15)26-21)14-6-7-27-12-14/h4-10,12H,11H2,1-3H3. The third-order valence-corrected chi connectivity index (χ3v) is 7.25. The lowest BCUT2D eigenvalue weighted by molar-refractivity contribution is 0.112. The molecule has 0 amide bonds. The van der Waals surface area contributed by atoms with Crippen molar-refractivity contribution in [3.63, 3.8) is 0 Å². The SMILES string of the molecule is COS(=O)(=O)c1ccc(C)cc1C1(C)Cc2cc(Cl)cc(-c3ccsc3)c2O1. The van der Waals surface area contributed by atoms with E-state index in [1.807, 2.05) is 48.9 Å². The molecule has 0 radical (unpaired) electrons. The number of halogens is 1. The smallest absolute Gasteiger partial charge is 0.297 e. The molecule has 1 atom stereocenters. The van der Waals surface area contributed by atoms with E-state index in [1.165, 1.54) is 7.11 Å². The summed E-state index contributed by atoms with van der Waals surface area (Å²) in [5, 5.41) is 4.67. The third kappa shape index (κ3) is 3.24. The van der Waals surface area contributed by atoms with Crippen LogP contribution in [0.3, 0.4) is 0 Å². The zero-order valence-electron chi connectivity index (χ0n) is 15.7. The van der Waals surface area contributed by atoms with Gasteiger partial charge in [-0.05, 0) is 54.4 Å². The fourth-order valence-corrected chi connectivity index (χ4v) is 5.53. The summed E-state index contributed by atoms with van der Waals surface area (Å²) in [7, 11) is -2.71. The monoisotopic (exact) mass is 434 g/mol. The van der Waals surface area contributed by atoms with E-state index in [0.717, 1.165) is 28.0 Å². The molecule has 0 N–H and O–H groups in total. The molecule has 1 aliphatic rings. The van der Waals surface area contributed by atoms with Crippen LogP contribution < -0.4 is 4.74 Å². The third-order valence-electron chi connectivity index (χ3n) is 5.01. The normalized spacial score (nSPS) is 18.7. The van der Waals surface area contributed by atoms with Gasteiger partial charge in [-0.3, -0.25) is 4.18 Å². The topological polar surface area (TPSA) is 52.6 Å². The maximum Gasteiger partial charge on any atom is 0.297 e. The molecule has 0 bridgehead atoms. The van der Waals surface area contributed by atoms with Gasteiger partial charge in [-0.1, -0.05) is 29.3 Å². The summed E-state index contributed by atoms with van der Waals surface area (Å²) in [5.74, 6) is 0.743. The lowest BCUT2D eigenvalue weighted by Gasteiger charge is -2.27. The molecule has 0 aliphatic carbocycles. The fourth-order valence-electron chi connectivity index (χ4n) is 3.67. The number of rotatable bonds is 4. The molecule has 2 aromatic carbocycles. The number of fused-ring (bicyclic) bond motifs is 1. The van der Waals surface area contributed by atoms with Crippen molar-refractivity contribution in [2.24, 2.45) is 0 Å². The Labute approximate surface area is 173 Å². The van der Waals surface area contributed by atoms with Crippen molar-refractivity contribution in [2.45, 2.75) is 30.8 Å². The van der Waals surface area contributed by atoms with Gasteiger partial charge in [-0.25, -0.2) is 0 Å². The molecule has 1 unspecified atom stereocenters. The van der Waals surface area contributed by atoms with Crippen LogP contribution in [0.1, 0.15) is 23.6 Å². The molecule has 0 fully saturated rings. The quantitative estimate of drug-likeness (QED) is 0.504. The number of aryl methyl sites for hydroxylation is 1. The fraction of sp³-hybridized carbons (Fsp3) is 0.238. The van der Waals surface area contributed by atoms with Gasteiger partial charge >= 0.3 is 0 Å². The Bertz CT molecular complexity index is 1150. The van der Waals surface area contributed by atoms with Crippen LogP contribution in [-0.4, -0.2) is 15.5 Å². The summed E-state index contributed by atoms with van der Waals surface area (Å²) in [4.78, 5) is 0.124. The first-order valence-corrected chi connectivity index (χ1v) is 11.4. The first-order valence-electron chi connectivity index (χ1n) is 8.69. The Morgan fingerprint density at radius 3 is 2.68 bits per heavy atom. The molecule has 3 aromatic rings. The number of ether oxygens (including phenoxy) is 1. The van der Waals surface area contributed by atoms with E-state index in [2.05, 4.69) is 0 Å². The van der Waals surface area contributed by atoms with Crippen molar-refractivity contribution in [3.05, 3.63) is 68.9 Å². The van der Waals surface area contributed by atoms with E-state index >= 15 is 0 Å². The highest BCUT2D eigenvalue weighted by atomic mass is 35.5. The molecular weight excluding hydrogens is 416 g/mol. The summed E-state index contributed by atoms with van der Waals surface area (Å²) in [6.45, 7) is 3.83. The average molecular weight is 435 g/mol. The minimum Gasteiger partial charge on any atom is -0.482 e. The molecule has 1 aromatic heterocycles. The molecule has 0 saturated carbocycles. The van der Waals surface area contributed by atoms with Gasteiger partial charge < -0.3 is 4.74 Å². The molecule has 146 valence electrons. The summed E-state index contributed by atoms with van der Waals surface area (Å²) >= 11 is 7.97. The van der Waals surface area contributed by atoms with Gasteiger partial charge in [0.2, 0.25) is 0 Å². The second kappa shape index (κ2) is 6.88.